The smallest absolute Gasteiger partial charge is 1.00 e. The second-order valence-corrected chi connectivity index (χ2v) is 9.51. The van der Waals surface area contributed by atoms with E-state index in [1.165, 1.54) is 13.8 Å². The van der Waals surface area contributed by atoms with Crippen LogP contribution in [-0.4, -0.2) is 56.5 Å². The largest absolute Gasteiger partial charge is 1.00 e. The molecule has 0 atom stereocenters. The van der Waals surface area contributed by atoms with Crippen molar-refractivity contribution in [1.82, 2.24) is 0 Å². The van der Waals surface area contributed by atoms with Crippen LogP contribution in [0.2, 0.25) is 0 Å². The van der Waals surface area contributed by atoms with E-state index < -0.39 is 39.2 Å². The Labute approximate surface area is 210 Å². The molecule has 0 aromatic heterocycles. The second-order valence-electron chi connectivity index (χ2n) is 7.93. The van der Waals surface area contributed by atoms with E-state index in [4.69, 9.17) is 18.8 Å². The fourth-order valence-corrected chi connectivity index (χ4v) is 3.22. The van der Waals surface area contributed by atoms with Crippen molar-refractivity contribution in [2.24, 2.45) is 5.41 Å². The Morgan fingerprint density at radius 2 is 1.39 bits per heavy atom. The molecule has 0 spiro atoms. The quantitative estimate of drug-likeness (QED) is 0.0783. The average Bonchev–Trinajstić information content (AvgIpc) is 2.70. The molecule has 33 heavy (non-hydrogen) atoms. The van der Waals surface area contributed by atoms with E-state index in [1.54, 1.807) is 0 Å². The van der Waals surface area contributed by atoms with Crippen LogP contribution in [0.3, 0.4) is 0 Å². The number of hydrogen-bond donors (Lipinski definition) is 1. The fraction of sp³-hybridized carbons (Fsp3) is 0.682. The Balaban J connectivity index is -0.00000480. The predicted octanol–water partition coefficient (Wildman–Crippen LogP) is 0.510. The third kappa shape index (κ3) is 15.0. The van der Waals surface area contributed by atoms with Gasteiger partial charge in [-0.05, 0) is 33.1 Å². The molecule has 11 heteroatoms. The number of carbonyl (C=O) groups excluding carboxylic acids is 3. The Bertz CT molecular complexity index is 751. The van der Waals surface area contributed by atoms with Gasteiger partial charge in [-0.15, -0.1) is 0 Å². The third-order valence-corrected chi connectivity index (χ3v) is 5.43. The Morgan fingerprint density at radius 1 is 0.879 bits per heavy atom. The molecule has 0 aromatic rings. The summed E-state index contributed by atoms with van der Waals surface area (Å²) in [6.07, 6.45) is 3.91. The van der Waals surface area contributed by atoms with E-state index >= 15 is 0 Å². The Hall–Kier alpha value is -1.60. The van der Waals surface area contributed by atoms with E-state index in [-0.39, 0.29) is 70.5 Å². The summed E-state index contributed by atoms with van der Waals surface area (Å²) in [4.78, 5) is 36.9. The first kappa shape index (κ1) is 33.6. The van der Waals surface area contributed by atoms with Gasteiger partial charge in [0.05, 0.1) is 12.4 Å². The monoisotopic (exact) mass is 484 g/mol. The molecule has 1 N–H and O–H groups in total. The van der Waals surface area contributed by atoms with Gasteiger partial charge in [0.1, 0.15) is 18.6 Å². The van der Waals surface area contributed by atoms with Crippen molar-refractivity contribution >= 4 is 28.0 Å². The predicted molar refractivity (Wildman–Crippen MR) is 120 cm³/mol. The molecule has 0 saturated carbocycles. The van der Waals surface area contributed by atoms with E-state index in [0.29, 0.717) is 6.42 Å². The van der Waals surface area contributed by atoms with Gasteiger partial charge in [-0.25, -0.2) is 9.59 Å². The molecule has 186 valence electrons. The van der Waals surface area contributed by atoms with Gasteiger partial charge < -0.3 is 15.6 Å². The van der Waals surface area contributed by atoms with Crippen molar-refractivity contribution < 1.29 is 61.9 Å². The van der Waals surface area contributed by atoms with Crippen LogP contribution in [0, 0.1) is 5.41 Å². The molecule has 0 radical (unpaired) electrons. The molecular formula is C22H37LiO9S. The van der Waals surface area contributed by atoms with Crippen molar-refractivity contribution in [1.29, 1.82) is 0 Å². The molecule has 0 aliphatic carbocycles. The molecule has 0 bridgehead atoms. The maximum atomic E-state index is 13.0. The summed E-state index contributed by atoms with van der Waals surface area (Å²) in [6, 6.07) is 0. The number of esters is 3. The molecule has 0 rings (SSSR count). The summed E-state index contributed by atoms with van der Waals surface area (Å²) in [6.45, 7) is 11.2. The number of carbonyl (C=O) groups is 3. The molecule has 0 saturated heterocycles. The topological polar surface area (TPSA) is 133 Å². The van der Waals surface area contributed by atoms with Crippen molar-refractivity contribution in [3.8, 4) is 0 Å². The number of unbranched alkanes of at least 4 members (excludes halogenated alkanes) is 4. The third-order valence-electron chi connectivity index (χ3n) is 4.63. The van der Waals surface area contributed by atoms with Crippen LogP contribution in [-0.2, 0) is 38.7 Å². The summed E-state index contributed by atoms with van der Waals surface area (Å²) >= 11 is 0. The summed E-state index contributed by atoms with van der Waals surface area (Å²) < 4.78 is 46.2. The van der Waals surface area contributed by atoms with Gasteiger partial charge in [0.15, 0.2) is 0 Å². The summed E-state index contributed by atoms with van der Waals surface area (Å²) in [5.41, 5.74) is -1.11. The van der Waals surface area contributed by atoms with Crippen LogP contribution in [0.4, 0.5) is 0 Å². The van der Waals surface area contributed by atoms with E-state index in [0.717, 1.165) is 19.3 Å². The zero-order valence-electron chi connectivity index (χ0n) is 21.3. The van der Waals surface area contributed by atoms with Crippen LogP contribution in [0.25, 0.3) is 0 Å². The van der Waals surface area contributed by atoms with Gasteiger partial charge in [0.25, 0.3) is 10.1 Å². The minimum Gasteiger partial charge on any atom is -1.00 e. The van der Waals surface area contributed by atoms with Crippen LogP contribution in [0.5, 0.6) is 0 Å². The normalized spacial score (nSPS) is 11.2. The maximum Gasteiger partial charge on any atom is 1.00 e. The Kier molecular flexibility index (Phi) is 17.2. The van der Waals surface area contributed by atoms with Crippen molar-refractivity contribution in [3.63, 3.8) is 0 Å². The Morgan fingerprint density at radius 3 is 1.82 bits per heavy atom. The summed E-state index contributed by atoms with van der Waals surface area (Å²) in [7, 11) is -4.10. The van der Waals surface area contributed by atoms with E-state index in [1.807, 2.05) is 6.92 Å². The van der Waals surface area contributed by atoms with E-state index in [9.17, 15) is 22.8 Å². The second kappa shape index (κ2) is 16.9. The number of rotatable bonds is 17. The van der Waals surface area contributed by atoms with Crippen LogP contribution >= 0.6 is 0 Å². The fourth-order valence-electron chi connectivity index (χ4n) is 2.65. The molecular weight excluding hydrogens is 447 g/mol. The van der Waals surface area contributed by atoms with Gasteiger partial charge in [0, 0.05) is 11.1 Å². The number of hydrogen-bond acceptors (Lipinski definition) is 8. The average molecular weight is 485 g/mol. The molecule has 0 aliphatic heterocycles. The zero-order chi connectivity index (χ0) is 24.8. The molecule has 0 amide bonds. The van der Waals surface area contributed by atoms with Gasteiger partial charge in [-0.1, -0.05) is 45.8 Å². The zero-order valence-corrected chi connectivity index (χ0v) is 21.1. The molecule has 0 aromatic carbocycles. The van der Waals surface area contributed by atoms with Crippen molar-refractivity contribution in [2.75, 3.05) is 25.6 Å². The molecule has 0 heterocycles. The number of ether oxygens (including phenoxy) is 3. The van der Waals surface area contributed by atoms with Crippen LogP contribution < -0.4 is 18.9 Å². The van der Waals surface area contributed by atoms with Crippen molar-refractivity contribution in [3.05, 3.63) is 24.3 Å². The molecule has 0 fully saturated rings. The molecule has 0 aliphatic rings. The minimum absolute atomic E-state index is 0. The first-order valence-electron chi connectivity index (χ1n) is 10.6. The van der Waals surface area contributed by atoms with Gasteiger partial charge >= 0.3 is 36.8 Å². The van der Waals surface area contributed by atoms with Gasteiger partial charge in [-0.2, -0.15) is 8.42 Å². The van der Waals surface area contributed by atoms with E-state index in [2.05, 4.69) is 13.2 Å². The first-order chi connectivity index (χ1) is 14.8. The maximum absolute atomic E-state index is 13.0. The van der Waals surface area contributed by atoms with Crippen LogP contribution in [0.15, 0.2) is 24.3 Å². The summed E-state index contributed by atoms with van der Waals surface area (Å²) in [5, 5.41) is 0. The standard InChI is InChI=1S/C22H36O9S.Li.H/c1-6-7-8-9-12-22(15-30-19(23)17(2)3,16-31-20(24)18(4)5)21(25)29-13-10-11-14-32(26,27)28;;/h2,4,6-16H2,1,3,5H3,(H,26,27,28);;/q;+1;-1. The van der Waals surface area contributed by atoms with Crippen molar-refractivity contribution in [2.45, 2.75) is 65.7 Å². The molecule has 0 unspecified atom stereocenters. The summed E-state index contributed by atoms with van der Waals surface area (Å²) in [5.74, 6) is -2.53. The van der Waals surface area contributed by atoms with Gasteiger partial charge in [-0.3, -0.25) is 9.35 Å². The van der Waals surface area contributed by atoms with Crippen LogP contribution in [0.1, 0.15) is 67.1 Å². The minimum atomic E-state index is -4.10. The molecule has 9 nitrogen and oxygen atoms in total. The van der Waals surface area contributed by atoms with Gasteiger partial charge in [0.2, 0.25) is 0 Å². The SMILES string of the molecule is C=C(C)C(=O)OCC(CCCCCC)(COC(=O)C(=C)C)C(=O)OCCCCS(=O)(=O)O.[H-].[Li+]. The first-order valence-corrected chi connectivity index (χ1v) is 12.2.